The normalized spacial score (nSPS) is 31.5. The molecule has 2 N–H and O–H groups in total. The van der Waals surface area contributed by atoms with Gasteiger partial charge >= 0.3 is 11.9 Å². The van der Waals surface area contributed by atoms with Crippen molar-refractivity contribution in [2.45, 2.75) is 65.6 Å². The van der Waals surface area contributed by atoms with Gasteiger partial charge in [0.25, 0.3) is 0 Å². The molecule has 1 fully saturated rings. The van der Waals surface area contributed by atoms with E-state index in [1.54, 1.807) is 5.06 Å². The van der Waals surface area contributed by atoms with E-state index in [-0.39, 0.29) is 30.5 Å². The number of esters is 1. The van der Waals surface area contributed by atoms with E-state index in [9.17, 15) is 9.59 Å². The van der Waals surface area contributed by atoms with E-state index >= 15 is 0 Å². The van der Waals surface area contributed by atoms with Crippen LogP contribution in [0.5, 0.6) is 0 Å². The van der Waals surface area contributed by atoms with Gasteiger partial charge in [0.15, 0.2) is 0 Å². The summed E-state index contributed by atoms with van der Waals surface area (Å²) in [6, 6.07) is 0. The number of piperidine rings is 1. The Kier molecular flexibility index (Phi) is 5.05. The maximum absolute atomic E-state index is 11.6. The highest BCUT2D eigenvalue weighted by Crippen LogP contribution is 2.46. The molecule has 6 nitrogen and oxygen atoms in total. The fourth-order valence-corrected chi connectivity index (χ4v) is 3.12. The van der Waals surface area contributed by atoms with Crippen LogP contribution in [0.4, 0.5) is 0 Å². The summed E-state index contributed by atoms with van der Waals surface area (Å²) in [6.07, 6.45) is -0.280. The first-order chi connectivity index (χ1) is 9.46. The number of carbonyl (C=O) groups is 2. The first kappa shape index (κ1) is 17.9. The monoisotopic (exact) mass is 300 g/mol. The highest BCUT2D eigenvalue weighted by Gasteiger charge is 2.57. The van der Waals surface area contributed by atoms with Gasteiger partial charge < -0.3 is 15.3 Å². The molecule has 0 saturated carbocycles. The van der Waals surface area contributed by atoms with E-state index in [1.165, 1.54) is 6.92 Å². The van der Waals surface area contributed by atoms with Crippen molar-refractivity contribution in [3.8, 4) is 0 Å². The van der Waals surface area contributed by atoms with Gasteiger partial charge in [0.2, 0.25) is 0 Å². The van der Waals surface area contributed by atoms with Crippen LogP contribution in [0.3, 0.4) is 0 Å². The molecule has 0 radical (unpaired) electrons. The minimum absolute atomic E-state index is 0.0182. The molecule has 2 atom stereocenters. The molecule has 0 aromatic heterocycles. The Bertz CT molecular complexity index is 398. The molecule has 1 rings (SSSR count). The Morgan fingerprint density at radius 1 is 1.10 bits per heavy atom. The molecule has 1 saturated heterocycles. The summed E-state index contributed by atoms with van der Waals surface area (Å²) in [5.74, 6) is -0.801. The number of carbonyl (C=O) groups excluding carboxylic acids is 2. The number of hydrogen-bond acceptors (Lipinski definition) is 6. The third kappa shape index (κ3) is 3.21. The van der Waals surface area contributed by atoms with Gasteiger partial charge in [0.05, 0.1) is 17.6 Å². The number of nitrogens with two attached hydrogens (primary N) is 1. The van der Waals surface area contributed by atoms with Gasteiger partial charge in [-0.15, -0.1) is 5.06 Å². The van der Waals surface area contributed by atoms with Crippen LogP contribution in [-0.2, 0) is 19.2 Å². The number of hydroxylamine groups is 2. The van der Waals surface area contributed by atoms with Crippen molar-refractivity contribution in [3.63, 3.8) is 0 Å². The largest absolute Gasteiger partial charge is 0.461 e. The minimum atomic E-state index is -0.471. The smallest absolute Gasteiger partial charge is 0.322 e. The SMILES string of the molecule is CC(=O)ON1C(C)(C)C(C)C(OC(=O)CN)C(C)C1(C)C. The number of hydrogen-bond donors (Lipinski definition) is 1. The molecule has 0 aromatic rings. The molecule has 0 aromatic carbocycles. The predicted molar refractivity (Wildman–Crippen MR) is 79.0 cm³/mol. The van der Waals surface area contributed by atoms with Crippen molar-refractivity contribution < 1.29 is 19.2 Å². The van der Waals surface area contributed by atoms with Gasteiger partial charge in [-0.25, -0.2) is 0 Å². The average Bonchev–Trinajstić information content (AvgIpc) is 2.38. The third-order valence-electron chi connectivity index (χ3n) is 4.92. The molecule has 0 spiro atoms. The number of ether oxygens (including phenoxy) is 1. The van der Waals surface area contributed by atoms with E-state index in [4.69, 9.17) is 15.3 Å². The zero-order chi connectivity index (χ0) is 16.6. The molecule has 1 aliphatic heterocycles. The molecule has 6 heteroatoms. The molecule has 122 valence electrons. The van der Waals surface area contributed by atoms with Gasteiger partial charge in [-0.1, -0.05) is 13.8 Å². The number of rotatable bonds is 3. The lowest BCUT2D eigenvalue weighted by Crippen LogP contribution is -2.70. The molecular formula is C15H28N2O4. The van der Waals surface area contributed by atoms with Crippen molar-refractivity contribution in [3.05, 3.63) is 0 Å². The molecule has 0 bridgehead atoms. The highest BCUT2D eigenvalue weighted by atomic mass is 16.7. The van der Waals surface area contributed by atoms with Gasteiger partial charge in [-0.05, 0) is 27.7 Å². The molecular weight excluding hydrogens is 272 g/mol. The standard InChI is InChI=1S/C15H28N2O4/c1-9-13(20-12(19)8-16)10(2)15(6,7)17(14(9,4)5)21-11(3)18/h9-10,13H,8,16H2,1-7H3. The maximum atomic E-state index is 11.6. The highest BCUT2D eigenvalue weighted by molar-refractivity contribution is 5.71. The Morgan fingerprint density at radius 3 is 1.86 bits per heavy atom. The fourth-order valence-electron chi connectivity index (χ4n) is 3.12. The Labute approximate surface area is 126 Å². The lowest BCUT2D eigenvalue weighted by molar-refractivity contribution is -0.305. The van der Waals surface area contributed by atoms with E-state index in [2.05, 4.69) is 0 Å². The van der Waals surface area contributed by atoms with Crippen LogP contribution in [0.2, 0.25) is 0 Å². The topological polar surface area (TPSA) is 81.9 Å². The van der Waals surface area contributed by atoms with Gasteiger partial charge in [0, 0.05) is 18.8 Å². The second-order valence-electron chi connectivity index (χ2n) is 6.92. The molecule has 0 aliphatic carbocycles. The summed E-state index contributed by atoms with van der Waals surface area (Å²) < 4.78 is 5.56. The summed E-state index contributed by atoms with van der Waals surface area (Å²) in [5, 5.41) is 1.74. The molecule has 0 amide bonds. The lowest BCUT2D eigenvalue weighted by atomic mass is 9.67. The van der Waals surface area contributed by atoms with E-state index in [0.717, 1.165) is 0 Å². The first-order valence-electron chi connectivity index (χ1n) is 7.34. The van der Waals surface area contributed by atoms with Gasteiger partial charge in [0.1, 0.15) is 6.10 Å². The zero-order valence-corrected chi connectivity index (χ0v) is 14.1. The summed E-state index contributed by atoms with van der Waals surface area (Å²) in [5.41, 5.74) is 4.41. The first-order valence-corrected chi connectivity index (χ1v) is 7.34. The number of nitrogens with zero attached hydrogens (tertiary/aromatic N) is 1. The molecule has 1 heterocycles. The minimum Gasteiger partial charge on any atom is -0.461 e. The van der Waals surface area contributed by atoms with Crippen molar-refractivity contribution >= 4 is 11.9 Å². The predicted octanol–water partition coefficient (Wildman–Crippen LogP) is 1.48. The van der Waals surface area contributed by atoms with Crippen LogP contribution >= 0.6 is 0 Å². The molecule has 1 aliphatic rings. The summed E-state index contributed by atoms with van der Waals surface area (Å²) in [7, 11) is 0. The second kappa shape index (κ2) is 5.93. The average molecular weight is 300 g/mol. The second-order valence-corrected chi connectivity index (χ2v) is 6.92. The molecule has 21 heavy (non-hydrogen) atoms. The van der Waals surface area contributed by atoms with Gasteiger partial charge in [-0.3, -0.25) is 9.59 Å². The van der Waals surface area contributed by atoms with Crippen LogP contribution in [0, 0.1) is 11.8 Å². The Morgan fingerprint density at radius 2 is 1.52 bits per heavy atom. The summed E-state index contributed by atoms with van der Waals surface area (Å²) in [6.45, 7) is 13.2. The van der Waals surface area contributed by atoms with Crippen molar-refractivity contribution in [2.24, 2.45) is 17.6 Å². The van der Waals surface area contributed by atoms with Crippen molar-refractivity contribution in [1.29, 1.82) is 0 Å². The van der Waals surface area contributed by atoms with E-state index in [1.807, 2.05) is 41.5 Å². The lowest BCUT2D eigenvalue weighted by Gasteiger charge is -2.58. The summed E-state index contributed by atoms with van der Waals surface area (Å²) in [4.78, 5) is 28.5. The fraction of sp³-hybridized carbons (Fsp3) is 0.867. The van der Waals surface area contributed by atoms with Crippen molar-refractivity contribution in [1.82, 2.24) is 5.06 Å². The quantitative estimate of drug-likeness (QED) is 0.795. The van der Waals surface area contributed by atoms with E-state index < -0.39 is 17.0 Å². The zero-order valence-electron chi connectivity index (χ0n) is 14.1. The summed E-state index contributed by atoms with van der Waals surface area (Å²) >= 11 is 0. The van der Waals surface area contributed by atoms with Gasteiger partial charge in [-0.2, -0.15) is 0 Å². The van der Waals surface area contributed by atoms with Crippen LogP contribution in [-0.4, -0.2) is 40.7 Å². The van der Waals surface area contributed by atoms with Crippen molar-refractivity contribution in [2.75, 3.05) is 6.54 Å². The Hall–Kier alpha value is -1.14. The molecule has 2 unspecified atom stereocenters. The Balaban J connectivity index is 3.17. The third-order valence-corrected chi connectivity index (χ3v) is 4.92. The van der Waals surface area contributed by atoms with E-state index in [0.29, 0.717) is 0 Å². The van der Waals surface area contributed by atoms with Crippen LogP contribution in [0.25, 0.3) is 0 Å². The van der Waals surface area contributed by atoms with Crippen LogP contribution in [0.1, 0.15) is 48.5 Å². The van der Waals surface area contributed by atoms with Crippen LogP contribution < -0.4 is 5.73 Å². The van der Waals surface area contributed by atoms with Crippen LogP contribution in [0.15, 0.2) is 0 Å². The maximum Gasteiger partial charge on any atom is 0.322 e.